The monoisotopic (exact) mass is 545 g/mol. The number of Topliss-reactive ketones (excluding diaryl/α,β-unsaturated/α-hetero) is 1. The first-order chi connectivity index (χ1) is 18.5. The molecule has 3 unspecified atom stereocenters. The number of aliphatic hydroxyl groups excluding tert-OH is 3. The van der Waals surface area contributed by atoms with Gasteiger partial charge in [0.15, 0.2) is 12.6 Å². The number of nitrogens with one attached hydrogen (secondary N) is 1. The summed E-state index contributed by atoms with van der Waals surface area (Å²) in [5.41, 5.74) is 2.89. The maximum absolute atomic E-state index is 11.4. The summed E-state index contributed by atoms with van der Waals surface area (Å²) in [6.45, 7) is 11.1. The molecule has 0 aliphatic rings. The Balaban J connectivity index is 1.80. The molecule has 0 saturated heterocycles. The number of ketones is 1. The van der Waals surface area contributed by atoms with E-state index in [9.17, 15) is 20.1 Å². The lowest BCUT2D eigenvalue weighted by atomic mass is 9.78. The van der Waals surface area contributed by atoms with Gasteiger partial charge in [-0.3, -0.25) is 4.79 Å². The topological polar surface area (TPSA) is 117 Å². The molecule has 4 N–H and O–H groups in total. The van der Waals surface area contributed by atoms with Crippen LogP contribution in [0.3, 0.4) is 0 Å². The summed E-state index contributed by atoms with van der Waals surface area (Å²) in [5.74, 6) is 0.815. The number of rotatable bonds is 19. The van der Waals surface area contributed by atoms with Crippen molar-refractivity contribution in [3.63, 3.8) is 0 Å². The van der Waals surface area contributed by atoms with Gasteiger partial charge in [-0.2, -0.15) is 0 Å². The van der Waals surface area contributed by atoms with Crippen molar-refractivity contribution >= 4 is 5.78 Å². The van der Waals surface area contributed by atoms with Gasteiger partial charge in [0.1, 0.15) is 24.7 Å². The van der Waals surface area contributed by atoms with Crippen molar-refractivity contribution in [1.82, 2.24) is 5.32 Å². The molecule has 2 aromatic carbocycles. The van der Waals surface area contributed by atoms with E-state index in [0.717, 1.165) is 16.7 Å². The Labute approximate surface area is 233 Å². The molecule has 0 spiro atoms. The van der Waals surface area contributed by atoms with E-state index in [4.69, 9.17) is 14.2 Å². The Morgan fingerprint density at radius 3 is 2.08 bits per heavy atom. The number of carbonyl (C=O) groups is 1. The maximum Gasteiger partial charge on any atom is 0.178 e. The normalized spacial score (nSPS) is 14.3. The minimum Gasteiger partial charge on any atom is -0.491 e. The van der Waals surface area contributed by atoms with Crippen LogP contribution in [-0.2, 0) is 26.3 Å². The van der Waals surface area contributed by atoms with Crippen LogP contribution in [0.2, 0.25) is 0 Å². The average Bonchev–Trinajstić information content (AvgIpc) is 2.92. The molecule has 0 saturated carbocycles. The van der Waals surface area contributed by atoms with E-state index in [1.807, 2.05) is 69.3 Å². The summed E-state index contributed by atoms with van der Waals surface area (Å²) >= 11 is 0. The summed E-state index contributed by atoms with van der Waals surface area (Å²) in [6.07, 6.45) is -1.05. The van der Waals surface area contributed by atoms with E-state index in [0.29, 0.717) is 44.0 Å². The van der Waals surface area contributed by atoms with Crippen LogP contribution >= 0.6 is 0 Å². The van der Waals surface area contributed by atoms with Crippen LogP contribution in [0.4, 0.5) is 0 Å². The predicted molar refractivity (Wildman–Crippen MR) is 152 cm³/mol. The van der Waals surface area contributed by atoms with Crippen molar-refractivity contribution in [3.8, 4) is 5.75 Å². The van der Waals surface area contributed by atoms with Crippen LogP contribution in [-0.4, -0.2) is 65.6 Å². The molecule has 0 aliphatic heterocycles. The molecular weight excluding hydrogens is 498 g/mol. The predicted octanol–water partition coefficient (Wildman–Crippen LogP) is 4.07. The number of ether oxygens (including phenoxy) is 3. The van der Waals surface area contributed by atoms with Crippen LogP contribution in [0.15, 0.2) is 48.5 Å². The second-order valence-corrected chi connectivity index (χ2v) is 10.7. The zero-order valence-corrected chi connectivity index (χ0v) is 24.1. The molecule has 218 valence electrons. The molecule has 2 aromatic rings. The molecule has 8 nitrogen and oxygen atoms in total. The zero-order chi connectivity index (χ0) is 28.8. The zero-order valence-electron chi connectivity index (χ0n) is 24.1. The van der Waals surface area contributed by atoms with Crippen molar-refractivity contribution in [2.45, 2.75) is 97.0 Å². The standard InChI is InChI=1S/C31H47NO7/c1-6-26(33)13-14-27(34)20-37-28-15-11-25(12-16-28)31(4,5)24-9-7-23(8-10-24)19-38-30(36)21-39-29(35)17-18-32-22(2)3/h7-12,15-16,22,27,29-30,32,34-36H,6,13-14,17-21H2,1-5H3. The summed E-state index contributed by atoms with van der Waals surface area (Å²) < 4.78 is 16.4. The molecule has 0 fully saturated rings. The molecule has 8 heteroatoms. The van der Waals surface area contributed by atoms with Crippen molar-refractivity contribution in [2.24, 2.45) is 0 Å². The smallest absolute Gasteiger partial charge is 0.178 e. The van der Waals surface area contributed by atoms with Gasteiger partial charge in [0, 0.05) is 37.3 Å². The number of aliphatic hydroxyl groups is 3. The summed E-state index contributed by atoms with van der Waals surface area (Å²) in [4.78, 5) is 11.4. The van der Waals surface area contributed by atoms with Crippen LogP contribution in [0.1, 0.15) is 77.0 Å². The fourth-order valence-electron chi connectivity index (χ4n) is 3.94. The summed E-state index contributed by atoms with van der Waals surface area (Å²) in [6, 6.07) is 16.2. The molecule has 0 radical (unpaired) electrons. The van der Waals surface area contributed by atoms with E-state index in [2.05, 4.69) is 19.2 Å². The number of hydrogen-bond donors (Lipinski definition) is 4. The maximum atomic E-state index is 11.4. The van der Waals surface area contributed by atoms with E-state index < -0.39 is 18.7 Å². The molecule has 39 heavy (non-hydrogen) atoms. The lowest BCUT2D eigenvalue weighted by molar-refractivity contribution is -0.190. The van der Waals surface area contributed by atoms with Crippen LogP contribution in [0.5, 0.6) is 5.75 Å². The highest BCUT2D eigenvalue weighted by molar-refractivity contribution is 5.77. The van der Waals surface area contributed by atoms with Crippen molar-refractivity contribution < 1.29 is 34.3 Å². The second-order valence-electron chi connectivity index (χ2n) is 10.7. The fourth-order valence-corrected chi connectivity index (χ4v) is 3.94. The molecule has 0 bridgehead atoms. The Morgan fingerprint density at radius 1 is 0.872 bits per heavy atom. The highest BCUT2D eigenvalue weighted by Crippen LogP contribution is 2.32. The average molecular weight is 546 g/mol. The van der Waals surface area contributed by atoms with Crippen LogP contribution in [0.25, 0.3) is 0 Å². The van der Waals surface area contributed by atoms with Gasteiger partial charge in [-0.15, -0.1) is 0 Å². The lowest BCUT2D eigenvalue weighted by Crippen LogP contribution is -2.29. The summed E-state index contributed by atoms with van der Waals surface area (Å²) in [7, 11) is 0. The van der Waals surface area contributed by atoms with Gasteiger partial charge in [0.2, 0.25) is 0 Å². The highest BCUT2D eigenvalue weighted by atomic mass is 16.7. The molecule has 0 heterocycles. The van der Waals surface area contributed by atoms with E-state index in [1.54, 1.807) is 0 Å². The second kappa shape index (κ2) is 16.7. The Hall–Kier alpha value is -2.33. The molecule has 2 rings (SSSR count). The molecular formula is C31H47NO7. The van der Waals surface area contributed by atoms with Gasteiger partial charge in [-0.05, 0) is 35.2 Å². The highest BCUT2D eigenvalue weighted by Gasteiger charge is 2.23. The van der Waals surface area contributed by atoms with Gasteiger partial charge in [-0.25, -0.2) is 0 Å². The first-order valence-corrected chi connectivity index (χ1v) is 13.9. The minimum atomic E-state index is -1.13. The summed E-state index contributed by atoms with van der Waals surface area (Å²) in [5, 5.41) is 33.1. The van der Waals surface area contributed by atoms with E-state index >= 15 is 0 Å². The molecule has 3 atom stereocenters. The fraction of sp³-hybridized carbons (Fsp3) is 0.581. The first kappa shape index (κ1) is 32.9. The number of carbonyl (C=O) groups excluding carboxylic acids is 1. The van der Waals surface area contributed by atoms with Gasteiger partial charge in [0.25, 0.3) is 0 Å². The largest absolute Gasteiger partial charge is 0.491 e. The first-order valence-electron chi connectivity index (χ1n) is 13.9. The minimum absolute atomic E-state index is 0.106. The van der Waals surface area contributed by atoms with E-state index in [-0.39, 0.29) is 31.0 Å². The third-order valence-corrected chi connectivity index (χ3v) is 6.66. The number of hydrogen-bond acceptors (Lipinski definition) is 8. The van der Waals surface area contributed by atoms with Crippen molar-refractivity contribution in [1.29, 1.82) is 0 Å². The molecule has 0 aliphatic carbocycles. The third-order valence-electron chi connectivity index (χ3n) is 6.66. The Kier molecular flexibility index (Phi) is 14.1. The lowest BCUT2D eigenvalue weighted by Gasteiger charge is -2.26. The Morgan fingerprint density at radius 2 is 1.49 bits per heavy atom. The van der Waals surface area contributed by atoms with Gasteiger partial charge in [0.05, 0.1) is 12.7 Å². The SMILES string of the molecule is CCC(=O)CCC(O)COc1ccc(C(C)(C)c2ccc(COC(O)COC(O)CCNC(C)C)cc2)cc1. The molecule has 0 aromatic heterocycles. The van der Waals surface area contributed by atoms with Crippen LogP contribution in [0, 0.1) is 0 Å². The third kappa shape index (κ3) is 12.2. The Bertz CT molecular complexity index is 960. The van der Waals surface area contributed by atoms with Gasteiger partial charge < -0.3 is 34.8 Å². The quantitative estimate of drug-likeness (QED) is 0.195. The van der Waals surface area contributed by atoms with Gasteiger partial charge >= 0.3 is 0 Å². The van der Waals surface area contributed by atoms with Crippen LogP contribution < -0.4 is 10.1 Å². The molecule has 0 amide bonds. The number of benzene rings is 2. The van der Waals surface area contributed by atoms with Crippen molar-refractivity contribution in [3.05, 3.63) is 65.2 Å². The van der Waals surface area contributed by atoms with Crippen molar-refractivity contribution in [2.75, 3.05) is 19.8 Å². The van der Waals surface area contributed by atoms with E-state index in [1.165, 1.54) is 0 Å². The van der Waals surface area contributed by atoms with Gasteiger partial charge in [-0.1, -0.05) is 71.0 Å².